The molecule has 0 unspecified atom stereocenters. The molecule has 2 rings (SSSR count). The Morgan fingerprint density at radius 2 is 2.22 bits per heavy atom. The molecule has 0 saturated carbocycles. The molecule has 9 heteroatoms. The number of nitrogens with zero attached hydrogens (tertiary/aromatic N) is 1. The van der Waals surface area contributed by atoms with Gasteiger partial charge in [-0.3, -0.25) is 0 Å². The van der Waals surface area contributed by atoms with Crippen molar-refractivity contribution in [3.8, 4) is 10.6 Å². The highest BCUT2D eigenvalue weighted by Gasteiger charge is 2.18. The highest BCUT2D eigenvalue weighted by atomic mass is 32.2. The number of benzene rings is 1. The van der Waals surface area contributed by atoms with Crippen molar-refractivity contribution in [3.63, 3.8) is 0 Å². The molecule has 0 saturated heterocycles. The third-order valence-electron chi connectivity index (χ3n) is 2.87. The molecule has 1 aromatic carbocycles. The van der Waals surface area contributed by atoms with Crippen LogP contribution in [0.5, 0.6) is 0 Å². The average Bonchev–Trinajstić information content (AvgIpc) is 3.06. The first-order valence-corrected chi connectivity index (χ1v) is 8.93. The quantitative estimate of drug-likeness (QED) is 0.829. The van der Waals surface area contributed by atoms with Crippen LogP contribution in [-0.2, 0) is 9.84 Å². The van der Waals surface area contributed by atoms with Gasteiger partial charge in [-0.05, 0) is 17.7 Å². The smallest absolute Gasteiger partial charge is 0.404 e. The molecule has 0 fully saturated rings. The Morgan fingerprint density at radius 1 is 1.43 bits per heavy atom. The Morgan fingerprint density at radius 3 is 2.83 bits per heavy atom. The second-order valence-electron chi connectivity index (χ2n) is 4.55. The van der Waals surface area contributed by atoms with Gasteiger partial charge in [0.1, 0.15) is 5.01 Å². The van der Waals surface area contributed by atoms with E-state index in [-0.39, 0.29) is 16.8 Å². The predicted octanol–water partition coefficient (Wildman–Crippen LogP) is 2.70. The molecule has 1 aromatic heterocycles. The van der Waals surface area contributed by atoms with Crippen LogP contribution in [0.4, 0.5) is 9.18 Å². The minimum absolute atomic E-state index is 0.0277. The number of carbonyl (C=O) groups is 1. The minimum Gasteiger partial charge on any atom is -0.465 e. The van der Waals surface area contributed by atoms with Crippen molar-refractivity contribution < 1.29 is 22.7 Å². The van der Waals surface area contributed by atoms with E-state index in [0.29, 0.717) is 10.6 Å². The van der Waals surface area contributed by atoms with E-state index < -0.39 is 28.2 Å². The van der Waals surface area contributed by atoms with Gasteiger partial charge < -0.3 is 10.4 Å². The topological polar surface area (TPSA) is 96.4 Å². The molecule has 1 amide bonds. The van der Waals surface area contributed by atoms with Gasteiger partial charge in [0.25, 0.3) is 0 Å². The number of aromatic nitrogens is 1. The lowest BCUT2D eigenvalue weighted by atomic mass is 10.2. The lowest BCUT2D eigenvalue weighted by Gasteiger charge is -2.08. The fraction of sp³-hybridized carbons (Fsp3) is 0.143. The molecule has 0 aliphatic carbocycles. The molecular weight excluding hydrogens is 343 g/mol. The number of sulfone groups is 1. The number of thiazole rings is 1. The first-order chi connectivity index (χ1) is 10.9. The van der Waals surface area contributed by atoms with Gasteiger partial charge in [-0.25, -0.2) is 22.6 Å². The summed E-state index contributed by atoms with van der Waals surface area (Å²) in [7, 11) is -3.80. The zero-order valence-electron chi connectivity index (χ0n) is 11.8. The standard InChI is InChI=1S/C14H13FN2O4S2/c15-7-10(8-17-14(18)19)9-23(20,21)12-3-1-2-11(6-12)13-16-4-5-22-13/h1-7,17H,8-9H2,(H,18,19). The van der Waals surface area contributed by atoms with Gasteiger partial charge in [0.05, 0.1) is 17.0 Å². The number of carboxylic acid groups (broad SMARTS) is 1. The molecule has 1 heterocycles. The first kappa shape index (κ1) is 17.1. The third kappa shape index (κ3) is 4.60. The highest BCUT2D eigenvalue weighted by Crippen LogP contribution is 2.25. The van der Waals surface area contributed by atoms with Crippen LogP contribution in [0.3, 0.4) is 0 Å². The minimum atomic E-state index is -3.80. The second-order valence-corrected chi connectivity index (χ2v) is 7.43. The molecule has 23 heavy (non-hydrogen) atoms. The summed E-state index contributed by atoms with van der Waals surface area (Å²) in [5.41, 5.74) is 0.475. The zero-order chi connectivity index (χ0) is 16.9. The first-order valence-electron chi connectivity index (χ1n) is 6.40. The number of amides is 1. The zero-order valence-corrected chi connectivity index (χ0v) is 13.4. The van der Waals surface area contributed by atoms with E-state index in [4.69, 9.17) is 5.11 Å². The maximum atomic E-state index is 12.8. The summed E-state index contributed by atoms with van der Waals surface area (Å²) >= 11 is 1.37. The Hall–Kier alpha value is -2.26. The van der Waals surface area contributed by atoms with Crippen LogP contribution >= 0.6 is 11.3 Å². The molecule has 122 valence electrons. The van der Waals surface area contributed by atoms with Crippen molar-refractivity contribution in [2.24, 2.45) is 0 Å². The van der Waals surface area contributed by atoms with E-state index in [1.54, 1.807) is 23.7 Å². The van der Waals surface area contributed by atoms with Gasteiger partial charge in [0.2, 0.25) is 0 Å². The van der Waals surface area contributed by atoms with Crippen LogP contribution in [0.15, 0.2) is 52.6 Å². The molecule has 2 aromatic rings. The molecule has 0 aliphatic heterocycles. The van der Waals surface area contributed by atoms with E-state index >= 15 is 0 Å². The highest BCUT2D eigenvalue weighted by molar-refractivity contribution is 7.91. The average molecular weight is 356 g/mol. The number of nitrogens with one attached hydrogen (secondary N) is 1. The molecule has 0 atom stereocenters. The van der Waals surface area contributed by atoms with Gasteiger partial charge in [-0.2, -0.15) is 0 Å². The summed E-state index contributed by atoms with van der Waals surface area (Å²) in [6.45, 7) is -0.392. The van der Waals surface area contributed by atoms with E-state index in [2.05, 4.69) is 4.98 Å². The molecule has 2 N–H and O–H groups in total. The number of hydrogen-bond donors (Lipinski definition) is 2. The van der Waals surface area contributed by atoms with Crippen LogP contribution in [0.1, 0.15) is 0 Å². The maximum absolute atomic E-state index is 12.8. The van der Waals surface area contributed by atoms with Crippen LogP contribution in [0, 0.1) is 0 Å². The van der Waals surface area contributed by atoms with Crippen molar-refractivity contribution in [2.75, 3.05) is 12.3 Å². The summed E-state index contributed by atoms with van der Waals surface area (Å²) in [6.07, 6.45) is 0.369. The Labute approximate surface area is 136 Å². The van der Waals surface area contributed by atoms with Gasteiger partial charge in [0.15, 0.2) is 9.84 Å². The fourth-order valence-electron chi connectivity index (χ4n) is 1.83. The van der Waals surface area contributed by atoms with Crippen LogP contribution in [-0.4, -0.2) is 36.9 Å². The monoisotopic (exact) mass is 356 g/mol. The van der Waals surface area contributed by atoms with E-state index in [9.17, 15) is 17.6 Å². The van der Waals surface area contributed by atoms with Crippen LogP contribution in [0.25, 0.3) is 10.6 Å². The van der Waals surface area contributed by atoms with Gasteiger partial charge in [-0.1, -0.05) is 12.1 Å². The Kier molecular flexibility index (Phi) is 5.45. The SMILES string of the molecule is O=C(O)NCC(=CF)CS(=O)(=O)c1cccc(-c2nccs2)c1. The Bertz CT molecular complexity index is 817. The Balaban J connectivity index is 2.22. The van der Waals surface area contributed by atoms with Crippen molar-refractivity contribution in [1.82, 2.24) is 10.3 Å². The largest absolute Gasteiger partial charge is 0.465 e. The predicted molar refractivity (Wildman–Crippen MR) is 84.8 cm³/mol. The van der Waals surface area contributed by atoms with Crippen molar-refractivity contribution in [3.05, 3.63) is 47.7 Å². The van der Waals surface area contributed by atoms with Crippen LogP contribution in [0.2, 0.25) is 0 Å². The molecular formula is C14H13FN2O4S2. The molecule has 0 spiro atoms. The number of halogens is 1. The summed E-state index contributed by atoms with van der Waals surface area (Å²) in [6, 6.07) is 6.19. The van der Waals surface area contributed by atoms with E-state index in [0.717, 1.165) is 0 Å². The van der Waals surface area contributed by atoms with Crippen molar-refractivity contribution in [1.29, 1.82) is 0 Å². The fourth-order valence-corrected chi connectivity index (χ4v) is 3.87. The maximum Gasteiger partial charge on any atom is 0.404 e. The van der Waals surface area contributed by atoms with E-state index in [1.165, 1.54) is 23.5 Å². The molecule has 0 aliphatic rings. The van der Waals surface area contributed by atoms with E-state index in [1.807, 2.05) is 5.32 Å². The normalized spacial score (nSPS) is 12.1. The summed E-state index contributed by atoms with van der Waals surface area (Å²) in [5, 5.41) is 12.9. The van der Waals surface area contributed by atoms with Crippen LogP contribution < -0.4 is 5.32 Å². The number of hydrogen-bond acceptors (Lipinski definition) is 5. The second kappa shape index (κ2) is 7.34. The van der Waals surface area contributed by atoms with Gasteiger partial charge in [0, 0.05) is 23.7 Å². The lowest BCUT2D eigenvalue weighted by molar-refractivity contribution is 0.195. The van der Waals surface area contributed by atoms with Crippen molar-refractivity contribution in [2.45, 2.75) is 4.90 Å². The van der Waals surface area contributed by atoms with Crippen molar-refractivity contribution >= 4 is 27.3 Å². The lowest BCUT2D eigenvalue weighted by Crippen LogP contribution is -2.25. The third-order valence-corrected chi connectivity index (χ3v) is 5.41. The summed E-state index contributed by atoms with van der Waals surface area (Å²) < 4.78 is 37.5. The summed E-state index contributed by atoms with van der Waals surface area (Å²) in [4.78, 5) is 14.6. The number of rotatable bonds is 6. The molecule has 0 radical (unpaired) electrons. The van der Waals surface area contributed by atoms with Gasteiger partial charge in [-0.15, -0.1) is 11.3 Å². The molecule has 6 nitrogen and oxygen atoms in total. The molecule has 0 bridgehead atoms. The summed E-state index contributed by atoms with van der Waals surface area (Å²) in [5.74, 6) is -0.606. The van der Waals surface area contributed by atoms with Gasteiger partial charge >= 0.3 is 6.09 Å².